The number of nitrogen functional groups attached to an aromatic ring is 1. The molecule has 1 amide bonds. The number of aromatic nitrogens is 3. The van der Waals surface area contributed by atoms with E-state index in [9.17, 15) is 4.79 Å². The van der Waals surface area contributed by atoms with Gasteiger partial charge >= 0.3 is 0 Å². The lowest BCUT2D eigenvalue weighted by Gasteiger charge is -2.22. The molecule has 3 aromatic rings. The van der Waals surface area contributed by atoms with E-state index in [0.717, 1.165) is 61.9 Å². The summed E-state index contributed by atoms with van der Waals surface area (Å²) in [5.74, 6) is 0.0181. The van der Waals surface area contributed by atoms with Crippen LogP contribution in [0.4, 0.5) is 5.82 Å². The van der Waals surface area contributed by atoms with Crippen LogP contribution in [0.1, 0.15) is 54.1 Å². The number of nitrogens with zero attached hydrogens (tertiary/aromatic N) is 3. The Morgan fingerprint density at radius 3 is 2.76 bits per heavy atom. The van der Waals surface area contributed by atoms with Crippen molar-refractivity contribution < 1.29 is 9.53 Å². The molecule has 5 rings (SSSR count). The number of carbonyl (C=O) groups is 1. The predicted molar refractivity (Wildman–Crippen MR) is 131 cm³/mol. The molecular formula is C26H32N6O2. The third-order valence-electron chi connectivity index (χ3n) is 6.86. The van der Waals surface area contributed by atoms with Gasteiger partial charge in [0.05, 0.1) is 36.6 Å². The molecule has 1 aromatic carbocycles. The molecule has 1 saturated heterocycles. The first kappa shape index (κ1) is 22.6. The van der Waals surface area contributed by atoms with Crippen molar-refractivity contribution in [1.29, 1.82) is 0 Å². The molecule has 2 atom stereocenters. The van der Waals surface area contributed by atoms with Gasteiger partial charge in [-0.2, -0.15) is 5.10 Å². The third-order valence-corrected chi connectivity index (χ3v) is 6.86. The maximum atomic E-state index is 13.2. The molecule has 0 unspecified atom stereocenters. The van der Waals surface area contributed by atoms with Gasteiger partial charge in [0, 0.05) is 23.5 Å². The fourth-order valence-corrected chi connectivity index (χ4v) is 4.89. The van der Waals surface area contributed by atoms with Crippen LogP contribution in [0, 0.1) is 0 Å². The maximum Gasteiger partial charge on any atom is 0.255 e. The Balaban J connectivity index is 1.26. The van der Waals surface area contributed by atoms with Crippen molar-refractivity contribution >= 4 is 11.7 Å². The van der Waals surface area contributed by atoms with Crippen molar-refractivity contribution in [2.45, 2.75) is 56.9 Å². The van der Waals surface area contributed by atoms with E-state index >= 15 is 0 Å². The van der Waals surface area contributed by atoms with Crippen molar-refractivity contribution in [3.8, 4) is 11.1 Å². The van der Waals surface area contributed by atoms with Crippen molar-refractivity contribution in [2.24, 2.45) is 0 Å². The number of nitrogens with two attached hydrogens (primary N) is 1. The zero-order valence-corrected chi connectivity index (χ0v) is 19.3. The molecule has 8 nitrogen and oxygen atoms in total. The number of carbonyl (C=O) groups excluding carboxylic acids is 1. The van der Waals surface area contributed by atoms with Crippen LogP contribution < -0.4 is 16.4 Å². The van der Waals surface area contributed by atoms with Gasteiger partial charge in [-0.25, -0.2) is 4.98 Å². The highest BCUT2D eigenvalue weighted by atomic mass is 16.5. The van der Waals surface area contributed by atoms with Gasteiger partial charge in [-0.1, -0.05) is 30.3 Å². The molecule has 4 N–H and O–H groups in total. The molecule has 2 aliphatic rings. The van der Waals surface area contributed by atoms with Gasteiger partial charge in [0.2, 0.25) is 0 Å². The SMILES string of the molecule is Nc1ncc(-c2cnn(C3CCNCC3)c2)cc1C(=O)N[C@H]1CCC[C@@H]1OCc1ccccc1. The number of nitrogens with one attached hydrogen (secondary N) is 2. The number of benzene rings is 1. The molecule has 0 radical (unpaired) electrons. The summed E-state index contributed by atoms with van der Waals surface area (Å²) in [5.41, 5.74) is 9.39. The molecule has 0 bridgehead atoms. The Hall–Kier alpha value is -3.23. The molecular weight excluding hydrogens is 428 g/mol. The fourth-order valence-electron chi connectivity index (χ4n) is 4.89. The topological polar surface area (TPSA) is 107 Å². The van der Waals surface area contributed by atoms with E-state index < -0.39 is 0 Å². The van der Waals surface area contributed by atoms with Gasteiger partial charge in [-0.15, -0.1) is 0 Å². The summed E-state index contributed by atoms with van der Waals surface area (Å²) in [6.07, 6.45) is 10.5. The molecule has 0 spiro atoms. The number of rotatable bonds is 7. The van der Waals surface area contributed by atoms with Gasteiger partial charge in [-0.3, -0.25) is 9.48 Å². The Morgan fingerprint density at radius 1 is 1.12 bits per heavy atom. The number of pyridine rings is 1. The molecule has 34 heavy (non-hydrogen) atoms. The largest absolute Gasteiger partial charge is 0.383 e. The number of anilines is 1. The molecule has 2 fully saturated rings. The second-order valence-electron chi connectivity index (χ2n) is 9.19. The molecule has 1 saturated carbocycles. The zero-order chi connectivity index (χ0) is 23.3. The maximum absolute atomic E-state index is 13.2. The number of hydrogen-bond donors (Lipinski definition) is 3. The van der Waals surface area contributed by atoms with Crippen LogP contribution in [0.25, 0.3) is 11.1 Å². The molecule has 3 heterocycles. The van der Waals surface area contributed by atoms with Crippen LogP contribution >= 0.6 is 0 Å². The van der Waals surface area contributed by atoms with Gasteiger partial charge < -0.3 is 21.1 Å². The Morgan fingerprint density at radius 2 is 1.94 bits per heavy atom. The minimum atomic E-state index is -0.210. The Kier molecular flexibility index (Phi) is 6.87. The molecule has 1 aliphatic heterocycles. The lowest BCUT2D eigenvalue weighted by atomic mass is 10.1. The van der Waals surface area contributed by atoms with Crippen LogP contribution in [-0.2, 0) is 11.3 Å². The normalized spacial score (nSPS) is 20.9. The highest BCUT2D eigenvalue weighted by molar-refractivity contribution is 5.99. The first-order chi connectivity index (χ1) is 16.7. The van der Waals surface area contributed by atoms with E-state index in [-0.39, 0.29) is 23.9 Å². The standard InChI is InChI=1S/C26H32N6O2/c27-25-22(13-19(14-29-25)20-15-30-32(16-20)21-9-11-28-12-10-21)26(33)31-23-7-4-8-24(23)34-17-18-5-2-1-3-6-18/h1-3,5-6,13-16,21,23-24,28H,4,7-12,17H2,(H2,27,29)(H,31,33)/t23-,24-/m0/s1. The minimum Gasteiger partial charge on any atom is -0.383 e. The summed E-state index contributed by atoms with van der Waals surface area (Å²) in [4.78, 5) is 17.5. The molecule has 178 valence electrons. The van der Waals surface area contributed by atoms with E-state index in [1.807, 2.05) is 53.5 Å². The van der Waals surface area contributed by atoms with Gasteiger partial charge in [-0.05, 0) is 56.8 Å². The van der Waals surface area contributed by atoms with Crippen LogP contribution in [-0.4, -0.2) is 45.9 Å². The van der Waals surface area contributed by atoms with E-state index in [4.69, 9.17) is 10.5 Å². The monoisotopic (exact) mass is 460 g/mol. The first-order valence-corrected chi connectivity index (χ1v) is 12.1. The minimum absolute atomic E-state index is 0.00950. The number of piperidine rings is 1. The highest BCUT2D eigenvalue weighted by Gasteiger charge is 2.30. The summed E-state index contributed by atoms with van der Waals surface area (Å²) >= 11 is 0. The van der Waals surface area contributed by atoms with Crippen LogP contribution in [0.2, 0.25) is 0 Å². The number of hydrogen-bond acceptors (Lipinski definition) is 6. The van der Waals surface area contributed by atoms with E-state index in [0.29, 0.717) is 18.2 Å². The summed E-state index contributed by atoms with van der Waals surface area (Å²) < 4.78 is 8.17. The van der Waals surface area contributed by atoms with Crippen LogP contribution in [0.5, 0.6) is 0 Å². The van der Waals surface area contributed by atoms with E-state index in [1.165, 1.54) is 0 Å². The fraction of sp³-hybridized carbons (Fsp3) is 0.423. The zero-order valence-electron chi connectivity index (χ0n) is 19.3. The summed E-state index contributed by atoms with van der Waals surface area (Å²) in [6, 6.07) is 12.3. The summed E-state index contributed by atoms with van der Waals surface area (Å²) in [7, 11) is 0. The Bertz CT molecular complexity index is 1110. The van der Waals surface area contributed by atoms with E-state index in [1.54, 1.807) is 6.20 Å². The summed E-state index contributed by atoms with van der Waals surface area (Å²) in [5, 5.41) is 11.1. The van der Waals surface area contributed by atoms with Crippen molar-refractivity contribution in [2.75, 3.05) is 18.8 Å². The molecule has 1 aliphatic carbocycles. The number of ether oxygens (including phenoxy) is 1. The molecule has 2 aromatic heterocycles. The predicted octanol–water partition coefficient (Wildman–Crippen LogP) is 3.32. The van der Waals surface area contributed by atoms with Crippen LogP contribution in [0.3, 0.4) is 0 Å². The van der Waals surface area contributed by atoms with Crippen LogP contribution in [0.15, 0.2) is 55.0 Å². The smallest absolute Gasteiger partial charge is 0.255 e. The lowest BCUT2D eigenvalue weighted by molar-refractivity contribution is 0.0272. The quantitative estimate of drug-likeness (QED) is 0.499. The molecule has 8 heteroatoms. The second kappa shape index (κ2) is 10.4. The number of amides is 1. The highest BCUT2D eigenvalue weighted by Crippen LogP contribution is 2.27. The van der Waals surface area contributed by atoms with Crippen molar-refractivity contribution in [1.82, 2.24) is 25.4 Å². The van der Waals surface area contributed by atoms with Gasteiger partial charge in [0.15, 0.2) is 0 Å². The van der Waals surface area contributed by atoms with Crippen molar-refractivity contribution in [3.63, 3.8) is 0 Å². The van der Waals surface area contributed by atoms with Crippen molar-refractivity contribution in [3.05, 3.63) is 66.1 Å². The average Bonchev–Trinajstić information content (AvgIpc) is 3.54. The second-order valence-corrected chi connectivity index (χ2v) is 9.19. The lowest BCUT2D eigenvalue weighted by Crippen LogP contribution is -2.41. The Labute approximate surface area is 199 Å². The summed E-state index contributed by atoms with van der Waals surface area (Å²) in [6.45, 7) is 2.55. The first-order valence-electron chi connectivity index (χ1n) is 12.1. The van der Waals surface area contributed by atoms with Gasteiger partial charge in [0.1, 0.15) is 5.82 Å². The van der Waals surface area contributed by atoms with Gasteiger partial charge in [0.25, 0.3) is 5.91 Å². The van der Waals surface area contributed by atoms with E-state index in [2.05, 4.69) is 20.7 Å². The average molecular weight is 461 g/mol. The third kappa shape index (κ3) is 5.13.